The van der Waals surface area contributed by atoms with Crippen LogP contribution < -0.4 is 0 Å². The van der Waals surface area contributed by atoms with E-state index >= 15 is 0 Å². The first-order chi connectivity index (χ1) is 13.0. The van der Waals surface area contributed by atoms with E-state index in [0.29, 0.717) is 0 Å². The SMILES string of the molecule is CC1(C)c2ccccc2-c2ccc(C(=O)/C=C/c3ccc(CBr)cc3)cc21. The molecule has 0 aromatic heterocycles. The fourth-order valence-corrected chi connectivity index (χ4v) is 4.22. The minimum absolute atomic E-state index is 0.0362. The summed E-state index contributed by atoms with van der Waals surface area (Å²) in [4.78, 5) is 12.7. The summed E-state index contributed by atoms with van der Waals surface area (Å²) in [7, 11) is 0. The molecule has 134 valence electrons. The van der Waals surface area contributed by atoms with Crippen LogP contribution in [0.2, 0.25) is 0 Å². The highest BCUT2D eigenvalue weighted by Gasteiger charge is 2.35. The molecule has 0 saturated carbocycles. The van der Waals surface area contributed by atoms with Crippen LogP contribution in [0.3, 0.4) is 0 Å². The van der Waals surface area contributed by atoms with Crippen LogP contribution in [0.15, 0.2) is 72.8 Å². The summed E-state index contributed by atoms with van der Waals surface area (Å²) in [6.45, 7) is 4.46. The monoisotopic (exact) mass is 416 g/mol. The predicted molar refractivity (Wildman–Crippen MR) is 116 cm³/mol. The maximum Gasteiger partial charge on any atom is 0.185 e. The van der Waals surface area contributed by atoms with Crippen LogP contribution in [-0.2, 0) is 10.7 Å². The predicted octanol–water partition coefficient (Wildman–Crippen LogP) is 6.78. The molecule has 3 aromatic rings. The Balaban J connectivity index is 1.63. The van der Waals surface area contributed by atoms with E-state index in [1.807, 2.05) is 24.3 Å². The summed E-state index contributed by atoms with van der Waals surface area (Å²) in [5.41, 5.74) is 7.97. The molecule has 27 heavy (non-hydrogen) atoms. The van der Waals surface area contributed by atoms with Crippen LogP contribution in [0.1, 0.15) is 46.5 Å². The molecule has 1 nitrogen and oxygen atoms in total. The van der Waals surface area contributed by atoms with E-state index < -0.39 is 0 Å². The van der Waals surface area contributed by atoms with Gasteiger partial charge in [0.25, 0.3) is 0 Å². The average Bonchev–Trinajstić information content (AvgIpc) is 2.94. The first kappa shape index (κ1) is 17.9. The summed E-state index contributed by atoms with van der Waals surface area (Å²) in [6.07, 6.45) is 3.55. The maximum absolute atomic E-state index is 12.7. The van der Waals surface area contributed by atoms with Gasteiger partial charge in [0.15, 0.2) is 5.78 Å². The van der Waals surface area contributed by atoms with Crippen molar-refractivity contribution in [1.29, 1.82) is 0 Å². The Kier molecular flexibility index (Phi) is 4.61. The molecule has 0 aliphatic heterocycles. The third-order valence-electron chi connectivity index (χ3n) is 5.43. The van der Waals surface area contributed by atoms with Crippen LogP contribution in [0, 0.1) is 0 Å². The molecular weight excluding hydrogens is 396 g/mol. The summed E-state index contributed by atoms with van der Waals surface area (Å²) in [5.74, 6) is 0.0362. The van der Waals surface area contributed by atoms with E-state index in [9.17, 15) is 4.79 Å². The van der Waals surface area contributed by atoms with Crippen molar-refractivity contribution in [3.63, 3.8) is 0 Å². The van der Waals surface area contributed by atoms with Crippen LogP contribution in [0.4, 0.5) is 0 Å². The van der Waals surface area contributed by atoms with E-state index in [0.717, 1.165) is 16.5 Å². The highest BCUT2D eigenvalue weighted by atomic mass is 79.9. The summed E-state index contributed by atoms with van der Waals surface area (Å²) in [5, 5.41) is 0.837. The first-order valence-corrected chi connectivity index (χ1v) is 10.2. The van der Waals surface area contributed by atoms with Gasteiger partial charge in [0.1, 0.15) is 0 Å². The number of hydrogen-bond donors (Lipinski definition) is 0. The molecule has 0 radical (unpaired) electrons. The van der Waals surface area contributed by atoms with Crippen molar-refractivity contribution in [2.45, 2.75) is 24.6 Å². The average molecular weight is 417 g/mol. The van der Waals surface area contributed by atoms with Crippen molar-refractivity contribution < 1.29 is 4.79 Å². The van der Waals surface area contributed by atoms with Crippen LogP contribution >= 0.6 is 15.9 Å². The molecule has 2 heteroatoms. The minimum Gasteiger partial charge on any atom is -0.289 e. The van der Waals surface area contributed by atoms with Crippen molar-refractivity contribution in [3.05, 3.63) is 101 Å². The Hall–Kier alpha value is -2.45. The van der Waals surface area contributed by atoms with Gasteiger partial charge in [-0.3, -0.25) is 4.79 Å². The Labute approximate surface area is 168 Å². The van der Waals surface area contributed by atoms with Gasteiger partial charge in [0, 0.05) is 16.3 Å². The van der Waals surface area contributed by atoms with Gasteiger partial charge in [-0.15, -0.1) is 0 Å². The molecule has 0 bridgehead atoms. The molecule has 0 saturated heterocycles. The number of rotatable bonds is 4. The third-order valence-corrected chi connectivity index (χ3v) is 6.08. The number of fused-ring (bicyclic) bond motifs is 3. The minimum atomic E-state index is -0.0859. The lowest BCUT2D eigenvalue weighted by Gasteiger charge is -2.21. The van der Waals surface area contributed by atoms with Gasteiger partial charge in [-0.05, 0) is 45.5 Å². The second kappa shape index (κ2) is 6.94. The van der Waals surface area contributed by atoms with E-state index in [1.165, 1.54) is 27.8 Å². The summed E-state index contributed by atoms with van der Waals surface area (Å²) >= 11 is 3.45. The van der Waals surface area contributed by atoms with E-state index in [2.05, 4.69) is 78.3 Å². The van der Waals surface area contributed by atoms with Gasteiger partial charge < -0.3 is 0 Å². The number of allylic oxidation sites excluding steroid dienone is 1. The highest BCUT2D eigenvalue weighted by molar-refractivity contribution is 9.08. The highest BCUT2D eigenvalue weighted by Crippen LogP contribution is 2.48. The van der Waals surface area contributed by atoms with Crippen molar-refractivity contribution >= 4 is 27.8 Å². The van der Waals surface area contributed by atoms with Gasteiger partial charge in [-0.1, -0.05) is 96.5 Å². The Morgan fingerprint density at radius 3 is 2.37 bits per heavy atom. The topological polar surface area (TPSA) is 17.1 Å². The molecule has 4 rings (SSSR count). The normalized spacial score (nSPS) is 14.2. The lowest BCUT2D eigenvalue weighted by molar-refractivity contribution is 0.104. The number of ketones is 1. The van der Waals surface area contributed by atoms with E-state index in [1.54, 1.807) is 6.08 Å². The van der Waals surface area contributed by atoms with Crippen LogP contribution in [-0.4, -0.2) is 5.78 Å². The number of carbonyl (C=O) groups is 1. The molecule has 0 fully saturated rings. The lowest BCUT2D eigenvalue weighted by Crippen LogP contribution is -2.15. The summed E-state index contributed by atoms with van der Waals surface area (Å²) < 4.78 is 0. The molecule has 3 aromatic carbocycles. The first-order valence-electron chi connectivity index (χ1n) is 9.12. The van der Waals surface area contributed by atoms with Gasteiger partial charge in [-0.2, -0.15) is 0 Å². The Morgan fingerprint density at radius 2 is 1.63 bits per heavy atom. The molecule has 0 amide bonds. The quantitative estimate of drug-likeness (QED) is 0.260. The van der Waals surface area contributed by atoms with Gasteiger partial charge in [0.2, 0.25) is 0 Å². The largest absolute Gasteiger partial charge is 0.289 e. The smallest absolute Gasteiger partial charge is 0.185 e. The van der Waals surface area contributed by atoms with Gasteiger partial charge >= 0.3 is 0 Å². The van der Waals surface area contributed by atoms with Gasteiger partial charge in [-0.25, -0.2) is 0 Å². The van der Waals surface area contributed by atoms with Crippen molar-refractivity contribution in [3.8, 4) is 11.1 Å². The number of carbonyl (C=O) groups excluding carboxylic acids is 1. The fourth-order valence-electron chi connectivity index (χ4n) is 3.84. The van der Waals surface area contributed by atoms with Crippen molar-refractivity contribution in [2.24, 2.45) is 0 Å². The molecule has 0 atom stereocenters. The van der Waals surface area contributed by atoms with Crippen molar-refractivity contribution in [1.82, 2.24) is 0 Å². The molecule has 0 spiro atoms. The zero-order chi connectivity index (χ0) is 19.0. The van der Waals surface area contributed by atoms with E-state index in [4.69, 9.17) is 0 Å². The Morgan fingerprint density at radius 1 is 0.926 bits per heavy atom. The number of benzene rings is 3. The van der Waals surface area contributed by atoms with Crippen LogP contribution in [0.25, 0.3) is 17.2 Å². The number of halogens is 1. The number of alkyl halides is 1. The molecule has 1 aliphatic carbocycles. The molecule has 0 heterocycles. The molecule has 0 unspecified atom stereocenters. The zero-order valence-electron chi connectivity index (χ0n) is 15.5. The van der Waals surface area contributed by atoms with Crippen molar-refractivity contribution in [2.75, 3.05) is 0 Å². The lowest BCUT2D eigenvalue weighted by atomic mass is 9.82. The number of hydrogen-bond acceptors (Lipinski definition) is 1. The fraction of sp³-hybridized carbons (Fsp3) is 0.160. The second-order valence-electron chi connectivity index (χ2n) is 7.50. The molecular formula is C25H21BrO. The standard InChI is InChI=1S/C25H21BrO/c1-25(2)22-6-4-3-5-20(22)21-13-12-19(15-23(21)25)24(27)14-11-17-7-9-18(16-26)10-8-17/h3-15H,16H2,1-2H3/b14-11+. The molecule has 1 aliphatic rings. The maximum atomic E-state index is 12.7. The van der Waals surface area contributed by atoms with Gasteiger partial charge in [0.05, 0.1) is 0 Å². The molecule has 0 N–H and O–H groups in total. The zero-order valence-corrected chi connectivity index (χ0v) is 17.1. The third kappa shape index (κ3) is 3.19. The van der Waals surface area contributed by atoms with E-state index in [-0.39, 0.29) is 11.2 Å². The van der Waals surface area contributed by atoms with Crippen LogP contribution in [0.5, 0.6) is 0 Å². The second-order valence-corrected chi connectivity index (χ2v) is 8.06. The summed E-state index contributed by atoms with van der Waals surface area (Å²) in [6, 6.07) is 22.8. The Bertz CT molecular complexity index is 1040.